The summed E-state index contributed by atoms with van der Waals surface area (Å²) in [7, 11) is 0. The van der Waals surface area contributed by atoms with Gasteiger partial charge in [-0.25, -0.2) is 4.98 Å². The Morgan fingerprint density at radius 3 is 2.41 bits per heavy atom. The molecule has 12 heteroatoms. The van der Waals surface area contributed by atoms with E-state index in [1.54, 1.807) is 11.3 Å². The van der Waals surface area contributed by atoms with Crippen molar-refractivity contribution in [2.75, 3.05) is 13.1 Å². The number of aliphatic hydroxyl groups excluding tert-OH is 1. The molecule has 5 N–H and O–H groups in total. The first-order valence-electron chi connectivity index (χ1n) is 12.7. The van der Waals surface area contributed by atoms with E-state index in [2.05, 4.69) is 15.6 Å². The van der Waals surface area contributed by atoms with Gasteiger partial charge in [0, 0.05) is 19.5 Å². The van der Waals surface area contributed by atoms with Gasteiger partial charge in [0.2, 0.25) is 17.7 Å². The zero-order valence-corrected chi connectivity index (χ0v) is 25.4. The number of aromatic nitrogens is 1. The molecule has 1 aliphatic heterocycles. The average Bonchev–Trinajstić information content (AvgIpc) is 3.42. The number of thiazole rings is 1. The fourth-order valence-corrected chi connectivity index (χ4v) is 5.33. The highest BCUT2D eigenvalue weighted by molar-refractivity contribution is 7.13. The molecule has 0 spiro atoms. The third kappa shape index (κ3) is 9.81. The fraction of sp³-hybridized carbons (Fsp3) is 0.556. The van der Waals surface area contributed by atoms with Gasteiger partial charge in [0.25, 0.3) is 0 Å². The van der Waals surface area contributed by atoms with Crippen molar-refractivity contribution in [3.05, 3.63) is 41.0 Å². The average molecular weight is 603 g/mol. The number of nitrogens with two attached hydrogens (primary N) is 1. The summed E-state index contributed by atoms with van der Waals surface area (Å²) in [4.78, 5) is 45.9. The number of halogens is 2. The van der Waals surface area contributed by atoms with E-state index >= 15 is 0 Å². The Labute approximate surface area is 247 Å². The maximum absolute atomic E-state index is 13.2. The number of carbonyl (C=O) groups is 3. The smallest absolute Gasteiger partial charge is 0.249 e. The summed E-state index contributed by atoms with van der Waals surface area (Å²) in [6, 6.07) is 6.56. The lowest BCUT2D eigenvalue weighted by Crippen LogP contribution is -2.56. The number of β-amino-alcohol motifs (C(OH)–C–C–N with tert-alkyl or cyclic N) is 1. The summed E-state index contributed by atoms with van der Waals surface area (Å²) in [5.41, 5.74) is 9.80. The van der Waals surface area contributed by atoms with Crippen LogP contribution in [0.2, 0.25) is 0 Å². The molecule has 0 bridgehead atoms. The second kappa shape index (κ2) is 15.6. The monoisotopic (exact) mass is 601 g/mol. The van der Waals surface area contributed by atoms with Crippen LogP contribution in [0.5, 0.6) is 0 Å². The fourth-order valence-electron chi connectivity index (χ4n) is 4.52. The zero-order chi connectivity index (χ0) is 27.2. The van der Waals surface area contributed by atoms with Crippen LogP contribution < -0.4 is 16.4 Å². The largest absolute Gasteiger partial charge is 0.392 e. The summed E-state index contributed by atoms with van der Waals surface area (Å²) in [5.74, 6) is -1.26. The standard InChI is InChI=1S/C27H39N5O4S.2ClH/c1-17-23(37-16-29-17)19-10-8-18(9-11-19)14-32-15-20(33)13-21(32)25(35)31-26(36)24(27(2,3)4)30-22(34)7-5-6-12-28;;/h8-11,16,20-21,24,33H,5-7,12-15,28H2,1-4H3,(H,30,34)(H,31,35,36);2*1H/t20-,21+,24-;;/m1../s1. The van der Waals surface area contributed by atoms with Crippen molar-refractivity contribution < 1.29 is 19.5 Å². The van der Waals surface area contributed by atoms with Crippen LogP contribution in [0.1, 0.15) is 57.7 Å². The number of amides is 3. The number of hydrogen-bond acceptors (Lipinski definition) is 8. The van der Waals surface area contributed by atoms with Gasteiger partial charge in [0.1, 0.15) is 6.04 Å². The number of nitrogens with one attached hydrogen (secondary N) is 2. The molecule has 0 radical (unpaired) electrons. The number of likely N-dealkylation sites (tertiary alicyclic amines) is 1. The van der Waals surface area contributed by atoms with E-state index in [9.17, 15) is 19.5 Å². The maximum Gasteiger partial charge on any atom is 0.249 e. The van der Waals surface area contributed by atoms with Crippen LogP contribution in [0.3, 0.4) is 0 Å². The number of aliphatic hydroxyl groups is 1. The van der Waals surface area contributed by atoms with Crippen LogP contribution in [-0.4, -0.2) is 64.0 Å². The number of aryl methyl sites for hydroxylation is 1. The van der Waals surface area contributed by atoms with Crippen molar-refractivity contribution in [1.29, 1.82) is 0 Å². The third-order valence-electron chi connectivity index (χ3n) is 6.57. The van der Waals surface area contributed by atoms with Gasteiger partial charge in [-0.1, -0.05) is 45.0 Å². The van der Waals surface area contributed by atoms with Crippen LogP contribution in [0.15, 0.2) is 29.8 Å². The molecule has 3 rings (SSSR count). The van der Waals surface area contributed by atoms with Gasteiger partial charge in [-0.15, -0.1) is 36.2 Å². The van der Waals surface area contributed by atoms with Crippen molar-refractivity contribution in [3.8, 4) is 10.4 Å². The maximum atomic E-state index is 13.2. The molecule has 1 aromatic carbocycles. The number of benzene rings is 1. The minimum Gasteiger partial charge on any atom is -0.392 e. The summed E-state index contributed by atoms with van der Waals surface area (Å²) in [5, 5.41) is 15.6. The van der Waals surface area contributed by atoms with Gasteiger partial charge >= 0.3 is 0 Å². The van der Waals surface area contributed by atoms with Gasteiger partial charge in [-0.05, 0) is 49.3 Å². The van der Waals surface area contributed by atoms with Gasteiger partial charge in [0.15, 0.2) is 0 Å². The van der Waals surface area contributed by atoms with E-state index in [0.717, 1.165) is 28.1 Å². The molecule has 0 aliphatic carbocycles. The first-order valence-corrected chi connectivity index (χ1v) is 13.6. The second-order valence-electron chi connectivity index (χ2n) is 10.8. The van der Waals surface area contributed by atoms with Crippen LogP contribution in [0.25, 0.3) is 10.4 Å². The first-order chi connectivity index (χ1) is 17.5. The number of imide groups is 1. The molecule has 1 aliphatic rings. The molecule has 1 fully saturated rings. The number of carbonyl (C=O) groups excluding carboxylic acids is 3. The number of hydrogen-bond donors (Lipinski definition) is 4. The SMILES string of the molecule is Cc1ncsc1-c1ccc(CN2C[C@H](O)C[C@H]2C(=O)NC(=O)[C@@H](NC(=O)CCCCN)C(C)(C)C)cc1.Cl.Cl. The Bertz CT molecular complexity index is 1090. The Morgan fingerprint density at radius 2 is 1.85 bits per heavy atom. The topological polar surface area (TPSA) is 138 Å². The van der Waals surface area contributed by atoms with Gasteiger partial charge in [0.05, 0.1) is 28.2 Å². The summed E-state index contributed by atoms with van der Waals surface area (Å²) >= 11 is 1.59. The van der Waals surface area contributed by atoms with E-state index in [0.29, 0.717) is 26.1 Å². The lowest BCUT2D eigenvalue weighted by atomic mass is 9.86. The Hall–Kier alpha value is -2.08. The van der Waals surface area contributed by atoms with E-state index in [1.165, 1.54) is 0 Å². The second-order valence-corrected chi connectivity index (χ2v) is 11.6. The lowest BCUT2D eigenvalue weighted by molar-refractivity contribution is -0.138. The minimum atomic E-state index is -0.871. The molecule has 39 heavy (non-hydrogen) atoms. The van der Waals surface area contributed by atoms with E-state index < -0.39 is 35.4 Å². The van der Waals surface area contributed by atoms with E-state index in [1.807, 2.05) is 62.4 Å². The van der Waals surface area contributed by atoms with Gasteiger partial charge < -0.3 is 16.2 Å². The Balaban J connectivity index is 0.00000380. The predicted molar refractivity (Wildman–Crippen MR) is 159 cm³/mol. The molecule has 2 heterocycles. The first kappa shape index (κ1) is 34.9. The van der Waals surface area contributed by atoms with Crippen molar-refractivity contribution >= 4 is 53.9 Å². The van der Waals surface area contributed by atoms with Crippen molar-refractivity contribution in [2.45, 2.75) is 78.1 Å². The summed E-state index contributed by atoms with van der Waals surface area (Å²) in [6.45, 7) is 8.80. The third-order valence-corrected chi connectivity index (χ3v) is 7.55. The van der Waals surface area contributed by atoms with Crippen LogP contribution in [0, 0.1) is 12.3 Å². The van der Waals surface area contributed by atoms with Gasteiger partial charge in [-0.3, -0.25) is 24.6 Å². The predicted octanol–water partition coefficient (Wildman–Crippen LogP) is 3.20. The molecule has 218 valence electrons. The highest BCUT2D eigenvalue weighted by Crippen LogP contribution is 2.28. The molecule has 0 unspecified atom stereocenters. The lowest BCUT2D eigenvalue weighted by Gasteiger charge is -2.31. The molecular weight excluding hydrogens is 561 g/mol. The number of nitrogens with zero attached hydrogens (tertiary/aromatic N) is 2. The zero-order valence-electron chi connectivity index (χ0n) is 22.9. The Morgan fingerprint density at radius 1 is 1.18 bits per heavy atom. The van der Waals surface area contributed by atoms with E-state index in [-0.39, 0.29) is 43.6 Å². The molecule has 1 aromatic heterocycles. The molecule has 3 amide bonds. The van der Waals surface area contributed by atoms with E-state index in [4.69, 9.17) is 5.73 Å². The highest BCUT2D eigenvalue weighted by atomic mass is 35.5. The summed E-state index contributed by atoms with van der Waals surface area (Å²) in [6.07, 6.45) is 1.22. The minimum absolute atomic E-state index is 0. The van der Waals surface area contributed by atoms with Crippen molar-refractivity contribution in [3.63, 3.8) is 0 Å². The molecule has 2 aromatic rings. The van der Waals surface area contributed by atoms with Crippen LogP contribution >= 0.6 is 36.2 Å². The number of unbranched alkanes of at least 4 members (excludes halogenated alkanes) is 1. The van der Waals surface area contributed by atoms with Crippen LogP contribution in [0.4, 0.5) is 0 Å². The normalized spacial score (nSPS) is 18.0. The molecule has 3 atom stereocenters. The van der Waals surface area contributed by atoms with Gasteiger partial charge in [-0.2, -0.15) is 0 Å². The quantitative estimate of drug-likeness (QED) is 0.307. The molecule has 0 saturated carbocycles. The van der Waals surface area contributed by atoms with Crippen molar-refractivity contribution in [2.24, 2.45) is 11.1 Å². The Kier molecular flexibility index (Phi) is 14.0. The number of rotatable bonds is 10. The summed E-state index contributed by atoms with van der Waals surface area (Å²) < 4.78 is 0. The molecule has 1 saturated heterocycles. The van der Waals surface area contributed by atoms with Crippen molar-refractivity contribution in [1.82, 2.24) is 20.5 Å². The molecular formula is C27H41Cl2N5O4S. The molecule has 9 nitrogen and oxygen atoms in total. The highest BCUT2D eigenvalue weighted by Gasteiger charge is 2.39. The van der Waals surface area contributed by atoms with Crippen LogP contribution in [-0.2, 0) is 20.9 Å².